The van der Waals surface area contributed by atoms with Crippen LogP contribution in [0.4, 0.5) is 5.69 Å². The Morgan fingerprint density at radius 3 is 2.62 bits per heavy atom. The number of ether oxygens (including phenoxy) is 1. The van der Waals surface area contributed by atoms with E-state index in [-0.39, 0.29) is 5.91 Å². The second-order valence-corrected chi connectivity index (χ2v) is 5.47. The van der Waals surface area contributed by atoms with E-state index in [2.05, 4.69) is 5.32 Å². The number of amides is 1. The van der Waals surface area contributed by atoms with Crippen molar-refractivity contribution >= 4 is 23.2 Å². The molecule has 1 N–H and O–H groups in total. The Bertz CT molecular complexity index is 655. The molecule has 0 heterocycles. The summed E-state index contributed by atoms with van der Waals surface area (Å²) < 4.78 is 5.69. The summed E-state index contributed by atoms with van der Waals surface area (Å²) in [6.45, 7) is 5.60. The fourth-order valence-corrected chi connectivity index (χ4v) is 2.18. The maximum absolute atomic E-state index is 12.1. The number of rotatable bonds is 4. The number of anilines is 1. The van der Waals surface area contributed by atoms with Gasteiger partial charge < -0.3 is 10.1 Å². The van der Waals surface area contributed by atoms with Gasteiger partial charge >= 0.3 is 0 Å². The van der Waals surface area contributed by atoms with Crippen molar-refractivity contribution in [1.82, 2.24) is 0 Å². The van der Waals surface area contributed by atoms with Gasteiger partial charge in [-0.25, -0.2) is 0 Å². The lowest BCUT2D eigenvalue weighted by Gasteiger charge is -2.16. The van der Waals surface area contributed by atoms with Crippen LogP contribution in [-0.4, -0.2) is 12.0 Å². The molecule has 2 rings (SSSR count). The van der Waals surface area contributed by atoms with Crippen molar-refractivity contribution in [3.63, 3.8) is 0 Å². The standard InChI is InChI=1S/C17H18ClNO2/c1-11-5-4-6-15(9-11)19-17(20)13(3)21-16-8-7-14(18)10-12(16)2/h4-10,13H,1-3H3,(H,19,20)/t13-/m1/s1. The number of halogens is 1. The zero-order chi connectivity index (χ0) is 15.4. The minimum atomic E-state index is -0.592. The summed E-state index contributed by atoms with van der Waals surface area (Å²) in [6, 6.07) is 13.0. The molecule has 0 saturated carbocycles. The van der Waals surface area contributed by atoms with Crippen LogP contribution in [0.2, 0.25) is 5.02 Å². The molecule has 0 fully saturated rings. The predicted octanol–water partition coefficient (Wildman–Crippen LogP) is 4.36. The first kappa shape index (κ1) is 15.4. The molecule has 0 bridgehead atoms. The molecule has 1 atom stereocenters. The van der Waals surface area contributed by atoms with Crippen LogP contribution in [0.3, 0.4) is 0 Å². The van der Waals surface area contributed by atoms with Crippen molar-refractivity contribution in [2.24, 2.45) is 0 Å². The molecule has 0 aliphatic rings. The molecule has 2 aromatic carbocycles. The molecule has 3 nitrogen and oxygen atoms in total. The Morgan fingerprint density at radius 2 is 1.95 bits per heavy atom. The van der Waals surface area contributed by atoms with Crippen molar-refractivity contribution in [2.75, 3.05) is 5.32 Å². The summed E-state index contributed by atoms with van der Waals surface area (Å²) in [5.74, 6) is 0.473. The highest BCUT2D eigenvalue weighted by molar-refractivity contribution is 6.30. The predicted molar refractivity (Wildman–Crippen MR) is 86.1 cm³/mol. The van der Waals surface area contributed by atoms with Crippen molar-refractivity contribution in [3.05, 3.63) is 58.6 Å². The van der Waals surface area contributed by atoms with E-state index in [9.17, 15) is 4.79 Å². The Morgan fingerprint density at radius 1 is 1.19 bits per heavy atom. The molecular formula is C17H18ClNO2. The van der Waals surface area contributed by atoms with Crippen LogP contribution < -0.4 is 10.1 Å². The minimum Gasteiger partial charge on any atom is -0.481 e. The Kier molecular flexibility index (Phi) is 4.86. The third-order valence-electron chi connectivity index (χ3n) is 3.10. The van der Waals surface area contributed by atoms with E-state index in [1.54, 1.807) is 19.1 Å². The van der Waals surface area contributed by atoms with E-state index >= 15 is 0 Å². The molecule has 0 spiro atoms. The van der Waals surface area contributed by atoms with Crippen LogP contribution in [0.1, 0.15) is 18.1 Å². The summed E-state index contributed by atoms with van der Waals surface area (Å²) in [4.78, 5) is 12.1. The van der Waals surface area contributed by atoms with Gasteiger partial charge in [0.25, 0.3) is 5.91 Å². The summed E-state index contributed by atoms with van der Waals surface area (Å²) in [5.41, 5.74) is 2.76. The van der Waals surface area contributed by atoms with Gasteiger partial charge in [0, 0.05) is 10.7 Å². The van der Waals surface area contributed by atoms with E-state index in [4.69, 9.17) is 16.3 Å². The smallest absolute Gasteiger partial charge is 0.265 e. The molecule has 0 aliphatic carbocycles. The van der Waals surface area contributed by atoms with Crippen LogP contribution in [-0.2, 0) is 4.79 Å². The topological polar surface area (TPSA) is 38.3 Å². The van der Waals surface area contributed by atoms with E-state index in [1.807, 2.05) is 44.2 Å². The summed E-state index contributed by atoms with van der Waals surface area (Å²) in [6.07, 6.45) is -0.592. The van der Waals surface area contributed by atoms with E-state index in [0.29, 0.717) is 10.8 Å². The Hall–Kier alpha value is -2.00. The molecular weight excluding hydrogens is 286 g/mol. The van der Waals surface area contributed by atoms with Crippen LogP contribution in [0.25, 0.3) is 0 Å². The second-order valence-electron chi connectivity index (χ2n) is 5.03. The highest BCUT2D eigenvalue weighted by atomic mass is 35.5. The lowest BCUT2D eigenvalue weighted by atomic mass is 10.2. The quantitative estimate of drug-likeness (QED) is 0.911. The van der Waals surface area contributed by atoms with Gasteiger partial charge in [0.2, 0.25) is 0 Å². The Labute approximate surface area is 129 Å². The third kappa shape index (κ3) is 4.23. The van der Waals surface area contributed by atoms with Crippen molar-refractivity contribution < 1.29 is 9.53 Å². The maximum atomic E-state index is 12.1. The average Bonchev–Trinajstić information content (AvgIpc) is 2.41. The normalized spacial score (nSPS) is 11.8. The first-order valence-electron chi connectivity index (χ1n) is 6.76. The molecule has 4 heteroatoms. The van der Waals surface area contributed by atoms with Gasteiger partial charge in [0.05, 0.1) is 0 Å². The largest absolute Gasteiger partial charge is 0.481 e. The second kappa shape index (κ2) is 6.64. The number of benzene rings is 2. The summed E-state index contributed by atoms with van der Waals surface area (Å²) in [5, 5.41) is 3.49. The summed E-state index contributed by atoms with van der Waals surface area (Å²) >= 11 is 5.90. The maximum Gasteiger partial charge on any atom is 0.265 e. The first-order chi connectivity index (χ1) is 9.95. The van der Waals surface area contributed by atoms with Crippen LogP contribution >= 0.6 is 11.6 Å². The molecule has 0 aromatic heterocycles. The number of carbonyl (C=O) groups excluding carboxylic acids is 1. The van der Waals surface area contributed by atoms with Crippen molar-refractivity contribution in [1.29, 1.82) is 0 Å². The molecule has 110 valence electrons. The van der Waals surface area contributed by atoms with Crippen LogP contribution in [0.15, 0.2) is 42.5 Å². The van der Waals surface area contributed by atoms with Gasteiger partial charge in [0.15, 0.2) is 6.10 Å². The lowest BCUT2D eigenvalue weighted by Crippen LogP contribution is -2.30. The van der Waals surface area contributed by atoms with Crippen molar-refractivity contribution in [3.8, 4) is 5.75 Å². The number of carbonyl (C=O) groups is 1. The van der Waals surface area contributed by atoms with Gasteiger partial charge in [-0.1, -0.05) is 23.7 Å². The SMILES string of the molecule is Cc1cccc(NC(=O)[C@@H](C)Oc2ccc(Cl)cc2C)c1. The first-order valence-corrected chi connectivity index (χ1v) is 7.14. The number of nitrogens with one attached hydrogen (secondary N) is 1. The number of hydrogen-bond acceptors (Lipinski definition) is 2. The van der Waals surface area contributed by atoms with Gasteiger partial charge in [-0.05, 0) is 62.2 Å². The summed E-state index contributed by atoms with van der Waals surface area (Å²) in [7, 11) is 0. The van der Waals surface area contributed by atoms with Crippen molar-refractivity contribution in [2.45, 2.75) is 26.9 Å². The van der Waals surface area contributed by atoms with Crippen LogP contribution in [0.5, 0.6) is 5.75 Å². The van der Waals surface area contributed by atoms with E-state index < -0.39 is 6.10 Å². The molecule has 21 heavy (non-hydrogen) atoms. The molecule has 0 radical (unpaired) electrons. The van der Waals surface area contributed by atoms with Crippen LogP contribution in [0, 0.1) is 13.8 Å². The van der Waals surface area contributed by atoms with E-state index in [1.165, 1.54) is 0 Å². The molecule has 2 aromatic rings. The Balaban J connectivity index is 2.02. The minimum absolute atomic E-state index is 0.185. The van der Waals surface area contributed by atoms with Gasteiger partial charge in [0.1, 0.15) is 5.75 Å². The molecule has 1 amide bonds. The average molecular weight is 304 g/mol. The zero-order valence-corrected chi connectivity index (χ0v) is 13.1. The van der Waals surface area contributed by atoms with E-state index in [0.717, 1.165) is 16.8 Å². The zero-order valence-electron chi connectivity index (χ0n) is 12.3. The monoisotopic (exact) mass is 303 g/mol. The lowest BCUT2D eigenvalue weighted by molar-refractivity contribution is -0.122. The highest BCUT2D eigenvalue weighted by Gasteiger charge is 2.16. The highest BCUT2D eigenvalue weighted by Crippen LogP contribution is 2.23. The van der Waals surface area contributed by atoms with Gasteiger partial charge in [-0.2, -0.15) is 0 Å². The van der Waals surface area contributed by atoms with Gasteiger partial charge in [-0.15, -0.1) is 0 Å². The molecule has 0 aliphatic heterocycles. The number of hydrogen-bond donors (Lipinski definition) is 1. The van der Waals surface area contributed by atoms with Gasteiger partial charge in [-0.3, -0.25) is 4.79 Å². The molecule has 0 unspecified atom stereocenters. The molecule has 0 saturated heterocycles. The third-order valence-corrected chi connectivity index (χ3v) is 3.33. The fourth-order valence-electron chi connectivity index (χ4n) is 1.96. The number of aryl methyl sites for hydroxylation is 2. The fraction of sp³-hybridized carbons (Fsp3) is 0.235.